The summed E-state index contributed by atoms with van der Waals surface area (Å²) in [5, 5.41) is 0. The van der Waals surface area contributed by atoms with Crippen molar-refractivity contribution in [2.45, 2.75) is 0 Å². The van der Waals surface area contributed by atoms with Gasteiger partial charge in [0, 0.05) is 18.0 Å². The highest BCUT2D eigenvalue weighted by atomic mass is 16.2. The SMILES string of the molecule is O=C1C(=O)c2cnccc2-c2ccccc21. The Labute approximate surface area is 91.8 Å². The third-order valence-corrected chi connectivity index (χ3v) is 2.73. The molecular weight excluding hydrogens is 202 g/mol. The number of pyridine rings is 1. The lowest BCUT2D eigenvalue weighted by molar-refractivity contribution is 0.0815. The quantitative estimate of drug-likeness (QED) is 0.624. The number of carbonyl (C=O) groups excluding carboxylic acids is 2. The Bertz CT molecular complexity index is 561. The molecule has 0 fully saturated rings. The number of fused-ring (bicyclic) bond motifs is 3. The molecule has 0 N–H and O–H groups in total. The highest BCUT2D eigenvalue weighted by Crippen LogP contribution is 2.32. The average molecular weight is 209 g/mol. The van der Waals surface area contributed by atoms with Gasteiger partial charge in [0.1, 0.15) is 0 Å². The minimum absolute atomic E-state index is 0.395. The summed E-state index contributed by atoms with van der Waals surface area (Å²) in [5.41, 5.74) is 2.47. The van der Waals surface area contributed by atoms with E-state index < -0.39 is 11.6 Å². The van der Waals surface area contributed by atoms with Crippen LogP contribution in [0, 0.1) is 0 Å². The molecule has 0 atom stereocenters. The summed E-state index contributed by atoms with van der Waals surface area (Å²) in [4.78, 5) is 27.5. The largest absolute Gasteiger partial charge is 0.285 e. The van der Waals surface area contributed by atoms with E-state index in [4.69, 9.17) is 0 Å². The molecule has 0 spiro atoms. The highest BCUT2D eigenvalue weighted by molar-refractivity contribution is 6.52. The molecular formula is C13H7NO2. The number of nitrogens with zero attached hydrogens (tertiary/aromatic N) is 1. The van der Waals surface area contributed by atoms with E-state index in [1.165, 1.54) is 6.20 Å². The van der Waals surface area contributed by atoms with Crippen LogP contribution in [-0.2, 0) is 0 Å². The fraction of sp³-hybridized carbons (Fsp3) is 0. The van der Waals surface area contributed by atoms with E-state index in [-0.39, 0.29) is 0 Å². The van der Waals surface area contributed by atoms with Crippen molar-refractivity contribution in [3.8, 4) is 11.1 Å². The van der Waals surface area contributed by atoms with Crippen molar-refractivity contribution in [1.29, 1.82) is 0 Å². The molecule has 0 radical (unpaired) electrons. The molecule has 0 saturated heterocycles. The minimum atomic E-state index is -0.471. The van der Waals surface area contributed by atoms with Gasteiger partial charge in [0.15, 0.2) is 0 Å². The second-order valence-electron chi connectivity index (χ2n) is 3.63. The van der Waals surface area contributed by atoms with Gasteiger partial charge in [-0.25, -0.2) is 0 Å². The van der Waals surface area contributed by atoms with E-state index >= 15 is 0 Å². The molecule has 2 aromatic rings. The Morgan fingerprint density at radius 2 is 1.38 bits per heavy atom. The molecule has 0 amide bonds. The van der Waals surface area contributed by atoms with Crippen LogP contribution in [-0.4, -0.2) is 16.6 Å². The van der Waals surface area contributed by atoms with Crippen molar-refractivity contribution in [3.05, 3.63) is 53.9 Å². The minimum Gasteiger partial charge on any atom is -0.285 e. The van der Waals surface area contributed by atoms with Crippen molar-refractivity contribution in [2.75, 3.05) is 0 Å². The maximum Gasteiger partial charge on any atom is 0.235 e. The molecule has 0 aliphatic heterocycles. The Morgan fingerprint density at radius 3 is 2.19 bits per heavy atom. The van der Waals surface area contributed by atoms with Crippen LogP contribution in [0.5, 0.6) is 0 Å². The fourth-order valence-electron chi connectivity index (χ4n) is 1.97. The van der Waals surface area contributed by atoms with Crippen molar-refractivity contribution in [2.24, 2.45) is 0 Å². The van der Waals surface area contributed by atoms with Gasteiger partial charge in [-0.05, 0) is 17.2 Å². The maximum absolute atomic E-state index is 11.8. The molecule has 76 valence electrons. The first kappa shape index (κ1) is 8.97. The number of hydrogen-bond acceptors (Lipinski definition) is 3. The van der Waals surface area contributed by atoms with Crippen LogP contribution in [0.25, 0.3) is 11.1 Å². The highest BCUT2D eigenvalue weighted by Gasteiger charge is 2.29. The summed E-state index contributed by atoms with van der Waals surface area (Å²) >= 11 is 0. The maximum atomic E-state index is 11.8. The third-order valence-electron chi connectivity index (χ3n) is 2.73. The van der Waals surface area contributed by atoms with Gasteiger partial charge in [0.05, 0.1) is 5.56 Å². The first-order chi connectivity index (χ1) is 7.79. The molecule has 1 aliphatic carbocycles. The van der Waals surface area contributed by atoms with Crippen LogP contribution in [0.1, 0.15) is 20.7 Å². The number of rotatable bonds is 0. The van der Waals surface area contributed by atoms with Crippen LogP contribution in [0.15, 0.2) is 42.7 Å². The summed E-state index contributed by atoms with van der Waals surface area (Å²) in [7, 11) is 0. The van der Waals surface area contributed by atoms with E-state index in [9.17, 15) is 9.59 Å². The predicted octanol–water partition coefficient (Wildman–Crippen LogP) is 2.13. The number of aromatic nitrogens is 1. The van der Waals surface area contributed by atoms with Crippen LogP contribution in [0.4, 0.5) is 0 Å². The smallest absolute Gasteiger partial charge is 0.235 e. The van der Waals surface area contributed by atoms with Crippen LogP contribution in [0.2, 0.25) is 0 Å². The zero-order valence-corrected chi connectivity index (χ0v) is 8.31. The lowest BCUT2D eigenvalue weighted by Crippen LogP contribution is -2.21. The molecule has 0 saturated carbocycles. The third kappa shape index (κ3) is 1.05. The van der Waals surface area contributed by atoms with Gasteiger partial charge in [-0.3, -0.25) is 14.6 Å². The number of ketones is 2. The summed E-state index contributed by atoms with van der Waals surface area (Å²) in [6.45, 7) is 0. The standard InChI is InChI=1S/C13H7NO2/c15-12-10-4-2-1-3-8(10)9-5-6-14-7-11(9)13(12)16/h1-7H. The van der Waals surface area contributed by atoms with Gasteiger partial charge in [0.25, 0.3) is 0 Å². The zero-order chi connectivity index (χ0) is 11.1. The Morgan fingerprint density at radius 1 is 0.750 bits per heavy atom. The molecule has 1 heterocycles. The average Bonchev–Trinajstić information content (AvgIpc) is 2.36. The molecule has 16 heavy (non-hydrogen) atoms. The van der Waals surface area contributed by atoms with E-state index in [2.05, 4.69) is 4.98 Å². The first-order valence-electron chi connectivity index (χ1n) is 4.91. The van der Waals surface area contributed by atoms with Gasteiger partial charge < -0.3 is 0 Å². The summed E-state index contributed by atoms with van der Waals surface area (Å²) < 4.78 is 0. The van der Waals surface area contributed by atoms with Crippen molar-refractivity contribution in [3.63, 3.8) is 0 Å². The van der Waals surface area contributed by atoms with Crippen LogP contribution >= 0.6 is 0 Å². The van der Waals surface area contributed by atoms with E-state index in [1.54, 1.807) is 24.4 Å². The molecule has 3 heteroatoms. The Balaban J connectivity index is 2.41. The topological polar surface area (TPSA) is 47.0 Å². The number of benzene rings is 1. The molecule has 3 nitrogen and oxygen atoms in total. The van der Waals surface area contributed by atoms with Gasteiger partial charge in [-0.1, -0.05) is 24.3 Å². The second kappa shape index (κ2) is 3.10. The predicted molar refractivity (Wildman–Crippen MR) is 58.3 cm³/mol. The molecule has 3 rings (SSSR count). The lowest BCUT2D eigenvalue weighted by Gasteiger charge is -2.16. The summed E-state index contributed by atoms with van der Waals surface area (Å²) in [6, 6.07) is 8.90. The van der Waals surface area contributed by atoms with E-state index in [0.717, 1.165) is 11.1 Å². The number of hydrogen-bond donors (Lipinski definition) is 0. The summed E-state index contributed by atoms with van der Waals surface area (Å²) in [5.74, 6) is -0.919. The molecule has 1 aromatic carbocycles. The monoisotopic (exact) mass is 209 g/mol. The second-order valence-corrected chi connectivity index (χ2v) is 3.63. The van der Waals surface area contributed by atoms with Crippen molar-refractivity contribution < 1.29 is 9.59 Å². The van der Waals surface area contributed by atoms with Gasteiger partial charge in [-0.15, -0.1) is 0 Å². The van der Waals surface area contributed by atoms with Gasteiger partial charge in [0.2, 0.25) is 11.6 Å². The fourth-order valence-corrected chi connectivity index (χ4v) is 1.97. The molecule has 0 unspecified atom stereocenters. The van der Waals surface area contributed by atoms with Crippen LogP contribution < -0.4 is 0 Å². The number of Topliss-reactive ketones (excluding diaryl/α,β-unsaturated/α-hetero) is 2. The summed E-state index contributed by atoms with van der Waals surface area (Å²) in [6.07, 6.45) is 3.07. The van der Waals surface area contributed by atoms with Crippen molar-refractivity contribution in [1.82, 2.24) is 4.98 Å². The van der Waals surface area contributed by atoms with Crippen LogP contribution in [0.3, 0.4) is 0 Å². The first-order valence-corrected chi connectivity index (χ1v) is 4.91. The van der Waals surface area contributed by atoms with Gasteiger partial charge >= 0.3 is 0 Å². The van der Waals surface area contributed by atoms with E-state index in [1.807, 2.05) is 12.1 Å². The molecule has 0 bridgehead atoms. The normalized spacial score (nSPS) is 13.2. The van der Waals surface area contributed by atoms with Crippen molar-refractivity contribution >= 4 is 11.6 Å². The Kier molecular flexibility index (Phi) is 1.74. The Hall–Kier alpha value is -2.29. The number of carbonyl (C=O) groups is 2. The van der Waals surface area contributed by atoms with E-state index in [0.29, 0.717) is 11.1 Å². The van der Waals surface area contributed by atoms with Gasteiger partial charge in [-0.2, -0.15) is 0 Å². The molecule has 1 aromatic heterocycles. The zero-order valence-electron chi connectivity index (χ0n) is 8.31. The molecule has 1 aliphatic rings. The lowest BCUT2D eigenvalue weighted by atomic mass is 9.85.